The summed E-state index contributed by atoms with van der Waals surface area (Å²) in [6.45, 7) is 1.72. The van der Waals surface area contributed by atoms with Crippen molar-refractivity contribution in [1.29, 1.82) is 0 Å². The Hall–Kier alpha value is -2.62. The van der Waals surface area contributed by atoms with Crippen molar-refractivity contribution in [3.63, 3.8) is 0 Å². The number of nitrogens with zero attached hydrogens (tertiary/aromatic N) is 1. The van der Waals surface area contributed by atoms with Gasteiger partial charge >= 0.3 is 5.97 Å². The molecule has 100 valence electrons. The summed E-state index contributed by atoms with van der Waals surface area (Å²) in [7, 11) is 0. The maximum atomic E-state index is 12.5. The molecular weight excluding hydrogens is 254 g/mol. The summed E-state index contributed by atoms with van der Waals surface area (Å²) in [6, 6.07) is 12.6. The topological polar surface area (TPSA) is 59.3 Å². The number of fused-ring (bicyclic) bond motifs is 2. The third-order valence-electron chi connectivity index (χ3n) is 3.49. The first kappa shape index (κ1) is 12.4. The van der Waals surface area contributed by atoms with Gasteiger partial charge < -0.3 is 9.67 Å². The van der Waals surface area contributed by atoms with Gasteiger partial charge in [0, 0.05) is 10.8 Å². The fraction of sp³-hybridized carbons (Fsp3) is 0.125. The first-order chi connectivity index (χ1) is 9.59. The molecule has 0 aliphatic carbocycles. The molecule has 1 aromatic heterocycles. The summed E-state index contributed by atoms with van der Waals surface area (Å²) in [4.78, 5) is 23.7. The van der Waals surface area contributed by atoms with Crippen molar-refractivity contribution >= 4 is 27.8 Å². The Balaban J connectivity index is 2.61. The van der Waals surface area contributed by atoms with Gasteiger partial charge in [-0.1, -0.05) is 24.3 Å². The minimum absolute atomic E-state index is 0.0547. The highest BCUT2D eigenvalue weighted by Gasteiger charge is 2.13. The van der Waals surface area contributed by atoms with E-state index in [4.69, 9.17) is 5.11 Å². The molecule has 4 nitrogen and oxygen atoms in total. The Labute approximate surface area is 114 Å². The highest BCUT2D eigenvalue weighted by atomic mass is 16.4. The highest BCUT2D eigenvalue weighted by molar-refractivity contribution is 5.95. The fourth-order valence-electron chi connectivity index (χ4n) is 2.67. The van der Waals surface area contributed by atoms with Crippen molar-refractivity contribution in [2.24, 2.45) is 0 Å². The van der Waals surface area contributed by atoms with Crippen LogP contribution in [-0.2, 0) is 11.3 Å². The molecule has 3 rings (SSSR count). The van der Waals surface area contributed by atoms with Crippen LogP contribution in [0.15, 0.2) is 47.3 Å². The van der Waals surface area contributed by atoms with E-state index in [-0.39, 0.29) is 12.0 Å². The highest BCUT2D eigenvalue weighted by Crippen LogP contribution is 2.21. The standard InChI is InChI=1S/C16H13NO3/c1-10-5-4-7-12-15(10)17(9-14(18)19)13-8-3-2-6-11(13)16(12)20/h2-8H,9H2,1H3,(H,18,19). The van der Waals surface area contributed by atoms with Gasteiger partial charge in [-0.25, -0.2) is 0 Å². The number of carbonyl (C=O) groups is 1. The molecule has 0 amide bonds. The van der Waals surface area contributed by atoms with Gasteiger partial charge in [-0.05, 0) is 30.7 Å². The summed E-state index contributed by atoms with van der Waals surface area (Å²) >= 11 is 0. The van der Waals surface area contributed by atoms with Crippen LogP contribution in [0.3, 0.4) is 0 Å². The third-order valence-corrected chi connectivity index (χ3v) is 3.49. The monoisotopic (exact) mass is 267 g/mol. The van der Waals surface area contributed by atoms with E-state index in [0.717, 1.165) is 5.56 Å². The van der Waals surface area contributed by atoms with E-state index in [1.165, 1.54) is 0 Å². The van der Waals surface area contributed by atoms with Crippen molar-refractivity contribution in [1.82, 2.24) is 4.57 Å². The zero-order valence-corrected chi connectivity index (χ0v) is 11.0. The zero-order chi connectivity index (χ0) is 14.3. The van der Waals surface area contributed by atoms with Gasteiger partial charge in [0.2, 0.25) is 0 Å². The Morgan fingerprint density at radius 2 is 1.80 bits per heavy atom. The fourth-order valence-corrected chi connectivity index (χ4v) is 2.67. The van der Waals surface area contributed by atoms with Gasteiger partial charge in [0.15, 0.2) is 5.43 Å². The molecule has 0 fully saturated rings. The number of aryl methyl sites for hydroxylation is 1. The van der Waals surface area contributed by atoms with E-state index in [0.29, 0.717) is 21.8 Å². The average molecular weight is 267 g/mol. The predicted molar refractivity (Wildman–Crippen MR) is 78.1 cm³/mol. The first-order valence-corrected chi connectivity index (χ1v) is 6.32. The number of para-hydroxylation sites is 2. The van der Waals surface area contributed by atoms with Crippen LogP contribution in [0.1, 0.15) is 5.56 Å². The van der Waals surface area contributed by atoms with Crippen molar-refractivity contribution in [2.75, 3.05) is 0 Å². The van der Waals surface area contributed by atoms with Crippen LogP contribution in [0.5, 0.6) is 0 Å². The molecule has 3 aromatic rings. The Bertz CT molecular complexity index is 893. The van der Waals surface area contributed by atoms with Gasteiger partial charge in [-0.2, -0.15) is 0 Å². The number of carboxylic acid groups (broad SMARTS) is 1. The van der Waals surface area contributed by atoms with Crippen LogP contribution < -0.4 is 5.43 Å². The average Bonchev–Trinajstić information content (AvgIpc) is 2.43. The second kappa shape index (κ2) is 4.49. The second-order valence-corrected chi connectivity index (χ2v) is 4.80. The SMILES string of the molecule is Cc1cccc2c(=O)c3ccccc3n(CC(=O)O)c12. The normalized spacial score (nSPS) is 11.1. The molecule has 0 unspecified atom stereocenters. The molecule has 0 radical (unpaired) electrons. The number of aromatic nitrogens is 1. The molecule has 0 bridgehead atoms. The molecule has 2 aromatic carbocycles. The summed E-state index contributed by atoms with van der Waals surface area (Å²) < 4.78 is 1.70. The van der Waals surface area contributed by atoms with E-state index >= 15 is 0 Å². The van der Waals surface area contributed by atoms with E-state index in [1.54, 1.807) is 28.8 Å². The van der Waals surface area contributed by atoms with Crippen LogP contribution in [0.25, 0.3) is 21.8 Å². The lowest BCUT2D eigenvalue weighted by Crippen LogP contribution is -2.16. The minimum Gasteiger partial charge on any atom is -0.480 e. The van der Waals surface area contributed by atoms with Gasteiger partial charge in [0.1, 0.15) is 6.54 Å². The second-order valence-electron chi connectivity index (χ2n) is 4.80. The number of hydrogen-bond acceptors (Lipinski definition) is 2. The zero-order valence-electron chi connectivity index (χ0n) is 11.0. The Kier molecular flexibility index (Phi) is 2.79. The van der Waals surface area contributed by atoms with Crippen molar-refractivity contribution < 1.29 is 9.90 Å². The maximum Gasteiger partial charge on any atom is 0.323 e. The molecule has 0 saturated heterocycles. The quantitative estimate of drug-likeness (QED) is 0.726. The number of hydrogen-bond donors (Lipinski definition) is 1. The molecular formula is C16H13NO3. The summed E-state index contributed by atoms with van der Waals surface area (Å²) in [5, 5.41) is 10.3. The Morgan fingerprint density at radius 3 is 2.55 bits per heavy atom. The van der Waals surface area contributed by atoms with E-state index < -0.39 is 5.97 Å². The molecule has 0 atom stereocenters. The van der Waals surface area contributed by atoms with Gasteiger partial charge in [-0.3, -0.25) is 9.59 Å². The molecule has 0 aliphatic rings. The number of rotatable bonds is 2. The number of aliphatic carboxylic acids is 1. The maximum absolute atomic E-state index is 12.5. The smallest absolute Gasteiger partial charge is 0.323 e. The van der Waals surface area contributed by atoms with E-state index in [9.17, 15) is 9.59 Å². The van der Waals surface area contributed by atoms with Crippen LogP contribution in [0.2, 0.25) is 0 Å². The van der Waals surface area contributed by atoms with Crippen LogP contribution in [-0.4, -0.2) is 15.6 Å². The number of carboxylic acids is 1. The molecule has 1 heterocycles. The van der Waals surface area contributed by atoms with Crippen molar-refractivity contribution in [3.8, 4) is 0 Å². The molecule has 4 heteroatoms. The summed E-state index contributed by atoms with van der Waals surface area (Å²) in [5.74, 6) is -0.927. The molecule has 20 heavy (non-hydrogen) atoms. The summed E-state index contributed by atoms with van der Waals surface area (Å²) in [6.07, 6.45) is 0. The van der Waals surface area contributed by atoms with E-state index in [1.807, 2.05) is 25.1 Å². The molecule has 0 spiro atoms. The van der Waals surface area contributed by atoms with Crippen LogP contribution >= 0.6 is 0 Å². The van der Waals surface area contributed by atoms with Gasteiger partial charge in [0.05, 0.1) is 11.0 Å². The number of benzene rings is 2. The van der Waals surface area contributed by atoms with E-state index in [2.05, 4.69) is 0 Å². The van der Waals surface area contributed by atoms with Crippen molar-refractivity contribution in [2.45, 2.75) is 13.5 Å². The number of pyridine rings is 1. The van der Waals surface area contributed by atoms with Crippen molar-refractivity contribution in [3.05, 3.63) is 58.3 Å². The van der Waals surface area contributed by atoms with Crippen LogP contribution in [0, 0.1) is 6.92 Å². The molecule has 0 saturated carbocycles. The minimum atomic E-state index is -0.927. The summed E-state index contributed by atoms with van der Waals surface area (Å²) in [5.41, 5.74) is 2.19. The molecule has 0 aliphatic heterocycles. The lowest BCUT2D eigenvalue weighted by Gasteiger charge is -2.14. The predicted octanol–water partition coefficient (Wildman–Crippen LogP) is 2.55. The third kappa shape index (κ3) is 1.77. The lowest BCUT2D eigenvalue weighted by molar-refractivity contribution is -0.137. The van der Waals surface area contributed by atoms with Gasteiger partial charge in [0.25, 0.3) is 0 Å². The molecule has 1 N–H and O–H groups in total. The van der Waals surface area contributed by atoms with Gasteiger partial charge in [-0.15, -0.1) is 0 Å². The first-order valence-electron chi connectivity index (χ1n) is 6.32. The van der Waals surface area contributed by atoms with Crippen LogP contribution in [0.4, 0.5) is 0 Å². The lowest BCUT2D eigenvalue weighted by atomic mass is 10.1. The largest absolute Gasteiger partial charge is 0.480 e. The Morgan fingerprint density at radius 1 is 1.10 bits per heavy atom.